The van der Waals surface area contributed by atoms with Gasteiger partial charge in [-0.25, -0.2) is 4.39 Å². The normalized spacial score (nSPS) is 11.8. The van der Waals surface area contributed by atoms with Gasteiger partial charge >= 0.3 is 6.18 Å². The van der Waals surface area contributed by atoms with Crippen molar-refractivity contribution in [2.45, 2.75) is 12.7 Å². The maximum Gasteiger partial charge on any atom is 0.420 e. The maximum absolute atomic E-state index is 13.0. The summed E-state index contributed by atoms with van der Waals surface area (Å²) >= 11 is 0. The van der Waals surface area contributed by atoms with E-state index in [0.717, 1.165) is 17.7 Å². The summed E-state index contributed by atoms with van der Waals surface area (Å²) in [6, 6.07) is 9.05. The standard InChI is InChI=1S/C16H15F4NO/c1-21(2)10-11-3-6-13(7-4-11)22-15-8-5-12(17)9-14(15)16(18,19)20/h3-9H,10H2,1-2H3. The monoisotopic (exact) mass is 313 g/mol. The van der Waals surface area contributed by atoms with Crippen molar-refractivity contribution < 1.29 is 22.3 Å². The van der Waals surface area contributed by atoms with E-state index in [-0.39, 0.29) is 5.75 Å². The van der Waals surface area contributed by atoms with Crippen LogP contribution in [0.1, 0.15) is 11.1 Å². The van der Waals surface area contributed by atoms with E-state index in [1.165, 1.54) is 0 Å². The molecule has 0 fully saturated rings. The van der Waals surface area contributed by atoms with Gasteiger partial charge < -0.3 is 9.64 Å². The minimum atomic E-state index is -4.68. The number of alkyl halides is 3. The molecule has 0 amide bonds. The van der Waals surface area contributed by atoms with Gasteiger partial charge in [-0.05, 0) is 50.0 Å². The highest BCUT2D eigenvalue weighted by Gasteiger charge is 2.35. The number of benzene rings is 2. The van der Waals surface area contributed by atoms with E-state index in [9.17, 15) is 17.6 Å². The molecule has 0 heterocycles. The Morgan fingerprint density at radius 3 is 2.18 bits per heavy atom. The zero-order chi connectivity index (χ0) is 16.3. The first-order valence-electron chi connectivity index (χ1n) is 6.54. The topological polar surface area (TPSA) is 12.5 Å². The largest absolute Gasteiger partial charge is 0.457 e. The average molecular weight is 313 g/mol. The first-order chi connectivity index (χ1) is 10.3. The summed E-state index contributed by atoms with van der Waals surface area (Å²) in [6.45, 7) is 0.713. The Labute approximate surface area is 125 Å². The van der Waals surface area contributed by atoms with E-state index in [0.29, 0.717) is 12.6 Å². The van der Waals surface area contributed by atoms with Crippen LogP contribution in [0.2, 0.25) is 0 Å². The highest BCUT2D eigenvalue weighted by molar-refractivity contribution is 5.40. The van der Waals surface area contributed by atoms with Crippen molar-refractivity contribution >= 4 is 0 Å². The summed E-state index contributed by atoms with van der Waals surface area (Å²) in [6.07, 6.45) is -4.68. The van der Waals surface area contributed by atoms with Crippen molar-refractivity contribution in [1.82, 2.24) is 4.90 Å². The number of hydrogen-bond donors (Lipinski definition) is 0. The zero-order valence-electron chi connectivity index (χ0n) is 12.1. The van der Waals surface area contributed by atoms with Crippen molar-refractivity contribution in [3.8, 4) is 11.5 Å². The van der Waals surface area contributed by atoms with E-state index in [4.69, 9.17) is 4.74 Å². The Hall–Kier alpha value is -2.08. The fraction of sp³-hybridized carbons (Fsp3) is 0.250. The second kappa shape index (κ2) is 6.36. The van der Waals surface area contributed by atoms with Gasteiger partial charge in [0.25, 0.3) is 0 Å². The zero-order valence-corrected chi connectivity index (χ0v) is 12.1. The molecule has 2 aromatic rings. The number of halogens is 4. The van der Waals surface area contributed by atoms with Gasteiger partial charge in [-0.1, -0.05) is 12.1 Å². The van der Waals surface area contributed by atoms with Gasteiger partial charge in [0.1, 0.15) is 22.9 Å². The van der Waals surface area contributed by atoms with Gasteiger partial charge in [0.15, 0.2) is 0 Å². The Morgan fingerprint density at radius 1 is 1.00 bits per heavy atom. The first kappa shape index (κ1) is 16.3. The molecule has 0 aliphatic heterocycles. The molecular weight excluding hydrogens is 298 g/mol. The molecule has 6 heteroatoms. The molecular formula is C16H15F4NO. The average Bonchev–Trinajstić information content (AvgIpc) is 2.41. The number of ether oxygens (including phenoxy) is 1. The molecule has 0 aromatic heterocycles. The van der Waals surface area contributed by atoms with E-state index < -0.39 is 23.3 Å². The summed E-state index contributed by atoms with van der Waals surface area (Å²) in [5, 5.41) is 0. The Balaban J connectivity index is 2.24. The lowest BCUT2D eigenvalue weighted by Gasteiger charge is -2.14. The third-order valence-corrected chi connectivity index (χ3v) is 2.90. The summed E-state index contributed by atoms with van der Waals surface area (Å²) in [4.78, 5) is 1.97. The Bertz CT molecular complexity index is 636. The molecule has 0 saturated carbocycles. The van der Waals surface area contributed by atoms with Gasteiger partial charge in [-0.15, -0.1) is 0 Å². The van der Waals surface area contributed by atoms with Crippen LogP contribution < -0.4 is 4.74 Å². The first-order valence-corrected chi connectivity index (χ1v) is 6.54. The molecule has 2 aromatic carbocycles. The van der Waals surface area contributed by atoms with Crippen LogP contribution >= 0.6 is 0 Å². The van der Waals surface area contributed by atoms with Crippen LogP contribution in [0.5, 0.6) is 11.5 Å². The van der Waals surface area contributed by atoms with Gasteiger partial charge in [-0.3, -0.25) is 0 Å². The molecule has 2 rings (SSSR count). The van der Waals surface area contributed by atoms with Crippen molar-refractivity contribution in [3.05, 3.63) is 59.4 Å². The second-order valence-corrected chi connectivity index (χ2v) is 5.12. The highest BCUT2D eigenvalue weighted by Crippen LogP contribution is 2.38. The second-order valence-electron chi connectivity index (χ2n) is 5.12. The van der Waals surface area contributed by atoms with E-state index >= 15 is 0 Å². The lowest BCUT2D eigenvalue weighted by atomic mass is 10.2. The lowest BCUT2D eigenvalue weighted by Crippen LogP contribution is -2.10. The highest BCUT2D eigenvalue weighted by atomic mass is 19.4. The maximum atomic E-state index is 13.0. The molecule has 0 atom stereocenters. The Morgan fingerprint density at radius 2 is 1.64 bits per heavy atom. The minimum Gasteiger partial charge on any atom is -0.457 e. The summed E-state index contributed by atoms with van der Waals surface area (Å²) < 4.78 is 56.9. The SMILES string of the molecule is CN(C)Cc1ccc(Oc2ccc(F)cc2C(F)(F)F)cc1. The number of rotatable bonds is 4. The van der Waals surface area contributed by atoms with Gasteiger partial charge in [0.05, 0.1) is 0 Å². The smallest absolute Gasteiger partial charge is 0.420 e. The molecule has 0 bridgehead atoms. The molecule has 2 nitrogen and oxygen atoms in total. The van der Waals surface area contributed by atoms with E-state index in [1.807, 2.05) is 19.0 Å². The lowest BCUT2D eigenvalue weighted by molar-refractivity contribution is -0.138. The predicted molar refractivity (Wildman–Crippen MR) is 75.3 cm³/mol. The molecule has 22 heavy (non-hydrogen) atoms. The quantitative estimate of drug-likeness (QED) is 0.759. The molecule has 0 N–H and O–H groups in total. The van der Waals surface area contributed by atoms with Crippen LogP contribution in [0.15, 0.2) is 42.5 Å². The predicted octanol–water partition coefficient (Wildman–Crippen LogP) is 4.70. The number of nitrogens with zero attached hydrogens (tertiary/aromatic N) is 1. The van der Waals surface area contributed by atoms with E-state index in [2.05, 4.69) is 0 Å². The fourth-order valence-electron chi connectivity index (χ4n) is 1.97. The molecule has 0 radical (unpaired) electrons. The van der Waals surface area contributed by atoms with Crippen LogP contribution in [-0.2, 0) is 12.7 Å². The minimum absolute atomic E-state index is 0.264. The molecule has 118 valence electrons. The van der Waals surface area contributed by atoms with E-state index in [1.54, 1.807) is 24.3 Å². The number of hydrogen-bond acceptors (Lipinski definition) is 2. The van der Waals surface area contributed by atoms with Crippen molar-refractivity contribution in [3.63, 3.8) is 0 Å². The van der Waals surface area contributed by atoms with Crippen molar-refractivity contribution in [2.24, 2.45) is 0 Å². The third kappa shape index (κ3) is 4.21. The van der Waals surface area contributed by atoms with Crippen LogP contribution in [0, 0.1) is 5.82 Å². The van der Waals surface area contributed by atoms with Crippen molar-refractivity contribution in [2.75, 3.05) is 14.1 Å². The molecule has 0 spiro atoms. The summed E-state index contributed by atoms with van der Waals surface area (Å²) in [7, 11) is 3.83. The van der Waals surface area contributed by atoms with Crippen LogP contribution in [0.3, 0.4) is 0 Å². The summed E-state index contributed by atoms with van der Waals surface area (Å²) in [5.41, 5.74) is -0.127. The van der Waals surface area contributed by atoms with Crippen LogP contribution in [-0.4, -0.2) is 19.0 Å². The Kier molecular flexibility index (Phi) is 4.71. The fourth-order valence-corrected chi connectivity index (χ4v) is 1.97. The molecule has 0 saturated heterocycles. The van der Waals surface area contributed by atoms with Crippen molar-refractivity contribution in [1.29, 1.82) is 0 Å². The molecule has 0 aliphatic rings. The third-order valence-electron chi connectivity index (χ3n) is 2.90. The van der Waals surface area contributed by atoms with Crippen LogP contribution in [0.4, 0.5) is 17.6 Å². The molecule has 0 unspecified atom stereocenters. The molecule has 0 aliphatic carbocycles. The van der Waals surface area contributed by atoms with Gasteiger partial charge in [0.2, 0.25) is 0 Å². The van der Waals surface area contributed by atoms with Gasteiger partial charge in [0, 0.05) is 6.54 Å². The summed E-state index contributed by atoms with van der Waals surface area (Å²) in [5.74, 6) is -1.12. The van der Waals surface area contributed by atoms with Gasteiger partial charge in [-0.2, -0.15) is 13.2 Å². The van der Waals surface area contributed by atoms with Crippen LogP contribution in [0.25, 0.3) is 0 Å².